The van der Waals surface area contributed by atoms with Crippen LogP contribution in [0.25, 0.3) is 0 Å². The van der Waals surface area contributed by atoms with Gasteiger partial charge in [0.1, 0.15) is 5.62 Å². The van der Waals surface area contributed by atoms with Gasteiger partial charge in [-0.05, 0) is 0 Å². The number of hydrogen-bond donors (Lipinski definition) is 3. The fraction of sp³-hybridized carbons (Fsp3) is 1.00. The number of nitrogens with one attached hydrogen (secondary N) is 2. The van der Waals surface area contributed by atoms with Gasteiger partial charge in [0.15, 0.2) is 0 Å². The van der Waals surface area contributed by atoms with E-state index in [4.69, 9.17) is 17.3 Å². The van der Waals surface area contributed by atoms with Crippen LogP contribution in [0.2, 0.25) is 0 Å². The number of alkyl halides is 1. The summed E-state index contributed by atoms with van der Waals surface area (Å²) >= 11 is 5.95. The highest BCUT2D eigenvalue weighted by molar-refractivity contribution is 6.20. The van der Waals surface area contributed by atoms with E-state index < -0.39 is 0 Å². The van der Waals surface area contributed by atoms with Crippen LogP contribution in [0.4, 0.5) is 0 Å². The minimum absolute atomic E-state index is 0.0182. The van der Waals surface area contributed by atoms with E-state index in [-0.39, 0.29) is 5.62 Å². The first-order valence-corrected chi connectivity index (χ1v) is 4.80. The minimum atomic E-state index is 0.0182. The van der Waals surface area contributed by atoms with Crippen LogP contribution in [0.3, 0.4) is 0 Å². The van der Waals surface area contributed by atoms with Gasteiger partial charge < -0.3 is 11.1 Å². The molecule has 0 aromatic carbocycles. The summed E-state index contributed by atoms with van der Waals surface area (Å²) in [6.07, 6.45) is 0. The van der Waals surface area contributed by atoms with Gasteiger partial charge in [0.2, 0.25) is 0 Å². The van der Waals surface area contributed by atoms with Gasteiger partial charge in [-0.1, -0.05) is 11.6 Å². The molecule has 0 radical (unpaired) electrons. The van der Waals surface area contributed by atoms with Crippen LogP contribution in [-0.2, 0) is 0 Å². The second kappa shape index (κ2) is 5.72. The number of nitrogens with zero attached hydrogens (tertiary/aromatic N) is 1. The van der Waals surface area contributed by atoms with Crippen LogP contribution in [-0.4, -0.2) is 49.8 Å². The van der Waals surface area contributed by atoms with Gasteiger partial charge in [-0.15, -0.1) is 0 Å². The van der Waals surface area contributed by atoms with Crippen molar-refractivity contribution in [3.05, 3.63) is 0 Å². The third-order valence-electron chi connectivity index (χ3n) is 1.93. The molecule has 0 spiro atoms. The molecule has 1 unspecified atom stereocenters. The van der Waals surface area contributed by atoms with Crippen molar-refractivity contribution in [1.29, 1.82) is 0 Å². The molecule has 1 aliphatic rings. The van der Waals surface area contributed by atoms with E-state index in [0.29, 0.717) is 6.54 Å². The minimum Gasteiger partial charge on any atom is -0.329 e. The smallest absolute Gasteiger partial charge is 0.137 e. The summed E-state index contributed by atoms with van der Waals surface area (Å²) in [7, 11) is 0. The van der Waals surface area contributed by atoms with Crippen molar-refractivity contribution in [3.8, 4) is 0 Å². The second-order valence-electron chi connectivity index (χ2n) is 2.86. The molecule has 1 rings (SSSR count). The van der Waals surface area contributed by atoms with E-state index in [1.807, 2.05) is 0 Å². The van der Waals surface area contributed by atoms with Gasteiger partial charge in [-0.2, -0.15) is 0 Å². The van der Waals surface area contributed by atoms with Gasteiger partial charge in [-0.3, -0.25) is 10.2 Å². The topological polar surface area (TPSA) is 53.3 Å². The molecule has 1 heterocycles. The lowest BCUT2D eigenvalue weighted by molar-refractivity contribution is 0.305. The Kier molecular flexibility index (Phi) is 4.87. The molecule has 72 valence electrons. The molecule has 5 heteroatoms. The van der Waals surface area contributed by atoms with Gasteiger partial charge in [0.25, 0.3) is 0 Å². The highest BCUT2D eigenvalue weighted by Gasteiger charge is 2.19. The van der Waals surface area contributed by atoms with Crippen LogP contribution in [0.15, 0.2) is 0 Å². The fourth-order valence-corrected chi connectivity index (χ4v) is 1.55. The Labute approximate surface area is 78.4 Å². The number of rotatable bonds is 5. The van der Waals surface area contributed by atoms with Gasteiger partial charge in [0, 0.05) is 39.3 Å². The Morgan fingerprint density at radius 3 is 3.00 bits per heavy atom. The Bertz CT molecular complexity index is 122. The highest BCUT2D eigenvalue weighted by atomic mass is 35.5. The molecular formula is C7H17ClN4. The molecule has 0 aliphatic carbocycles. The van der Waals surface area contributed by atoms with Crippen LogP contribution >= 0.6 is 11.6 Å². The van der Waals surface area contributed by atoms with Crippen molar-refractivity contribution in [2.45, 2.75) is 5.62 Å². The molecule has 0 amide bonds. The average Bonchev–Trinajstić information content (AvgIpc) is 2.46. The van der Waals surface area contributed by atoms with E-state index in [9.17, 15) is 0 Å². The molecule has 0 saturated carbocycles. The van der Waals surface area contributed by atoms with Crippen LogP contribution in [0, 0.1) is 0 Å². The maximum Gasteiger partial charge on any atom is 0.137 e. The predicted octanol–water partition coefficient (Wildman–Crippen LogP) is -1.04. The second-order valence-corrected chi connectivity index (χ2v) is 3.28. The SMILES string of the molecule is NCCNCCN1CCNC1Cl. The van der Waals surface area contributed by atoms with Gasteiger partial charge in [-0.25, -0.2) is 0 Å². The number of hydrogen-bond acceptors (Lipinski definition) is 4. The summed E-state index contributed by atoms with van der Waals surface area (Å²) in [5, 5.41) is 6.38. The quantitative estimate of drug-likeness (QED) is 0.296. The van der Waals surface area contributed by atoms with E-state index in [1.165, 1.54) is 0 Å². The van der Waals surface area contributed by atoms with Crippen molar-refractivity contribution in [2.75, 3.05) is 39.3 Å². The number of halogens is 1. The first-order valence-electron chi connectivity index (χ1n) is 4.37. The maximum atomic E-state index is 5.95. The first-order chi connectivity index (χ1) is 5.84. The van der Waals surface area contributed by atoms with E-state index in [0.717, 1.165) is 32.7 Å². The predicted molar refractivity (Wildman–Crippen MR) is 51.1 cm³/mol. The molecule has 4 N–H and O–H groups in total. The van der Waals surface area contributed by atoms with E-state index >= 15 is 0 Å². The Hall–Kier alpha value is 0.130. The highest BCUT2D eigenvalue weighted by Crippen LogP contribution is 2.05. The van der Waals surface area contributed by atoms with Crippen LogP contribution in [0.1, 0.15) is 0 Å². The summed E-state index contributed by atoms with van der Waals surface area (Å²) in [6, 6.07) is 0. The zero-order chi connectivity index (χ0) is 8.81. The summed E-state index contributed by atoms with van der Waals surface area (Å²) in [5.74, 6) is 0. The lowest BCUT2D eigenvalue weighted by Gasteiger charge is -2.18. The van der Waals surface area contributed by atoms with Crippen LogP contribution < -0.4 is 16.4 Å². The van der Waals surface area contributed by atoms with Crippen LogP contribution in [0.5, 0.6) is 0 Å². The first kappa shape index (κ1) is 10.2. The average molecular weight is 193 g/mol. The molecule has 12 heavy (non-hydrogen) atoms. The molecule has 4 nitrogen and oxygen atoms in total. The Morgan fingerprint density at radius 2 is 2.42 bits per heavy atom. The normalized spacial score (nSPS) is 25.0. The monoisotopic (exact) mass is 192 g/mol. The zero-order valence-corrected chi connectivity index (χ0v) is 7.98. The van der Waals surface area contributed by atoms with E-state index in [2.05, 4.69) is 15.5 Å². The summed E-state index contributed by atoms with van der Waals surface area (Å²) in [5.41, 5.74) is 5.35. The van der Waals surface area contributed by atoms with Crippen molar-refractivity contribution >= 4 is 11.6 Å². The lowest BCUT2D eigenvalue weighted by Crippen LogP contribution is -2.37. The lowest BCUT2D eigenvalue weighted by atomic mass is 10.5. The summed E-state index contributed by atoms with van der Waals surface area (Å²) in [6.45, 7) is 5.56. The molecular weight excluding hydrogens is 176 g/mol. The zero-order valence-electron chi connectivity index (χ0n) is 7.22. The van der Waals surface area contributed by atoms with Gasteiger partial charge >= 0.3 is 0 Å². The third kappa shape index (κ3) is 3.25. The van der Waals surface area contributed by atoms with Gasteiger partial charge in [0.05, 0.1) is 0 Å². The Balaban J connectivity index is 1.98. The molecule has 1 atom stereocenters. The van der Waals surface area contributed by atoms with Crippen molar-refractivity contribution in [1.82, 2.24) is 15.5 Å². The molecule has 1 saturated heterocycles. The maximum absolute atomic E-state index is 5.95. The van der Waals surface area contributed by atoms with Crippen molar-refractivity contribution in [3.63, 3.8) is 0 Å². The Morgan fingerprint density at radius 1 is 1.58 bits per heavy atom. The van der Waals surface area contributed by atoms with Crippen molar-refractivity contribution in [2.24, 2.45) is 5.73 Å². The molecule has 1 aliphatic heterocycles. The summed E-state index contributed by atoms with van der Waals surface area (Å²) < 4.78 is 0. The third-order valence-corrected chi connectivity index (χ3v) is 2.36. The molecule has 0 bridgehead atoms. The fourth-order valence-electron chi connectivity index (χ4n) is 1.24. The standard InChI is InChI=1S/C7H17ClN4/c8-7-11-4-6-12(7)5-3-10-2-1-9/h7,10-11H,1-6,9H2. The van der Waals surface area contributed by atoms with Crippen molar-refractivity contribution < 1.29 is 0 Å². The largest absolute Gasteiger partial charge is 0.329 e. The molecule has 0 aromatic rings. The van der Waals surface area contributed by atoms with E-state index in [1.54, 1.807) is 0 Å². The molecule has 1 fully saturated rings. The number of nitrogens with two attached hydrogens (primary N) is 1. The molecule has 0 aromatic heterocycles. The summed E-state index contributed by atoms with van der Waals surface area (Å²) in [4.78, 5) is 2.20.